The highest BCUT2D eigenvalue weighted by Gasteiger charge is 2.05. The molecule has 0 fully saturated rings. The van der Waals surface area contributed by atoms with E-state index in [1.54, 1.807) is 18.2 Å². The van der Waals surface area contributed by atoms with E-state index in [9.17, 15) is 10.1 Å². The lowest BCUT2D eigenvalue weighted by atomic mass is 10.1. The number of benzene rings is 2. The van der Waals surface area contributed by atoms with Crippen molar-refractivity contribution in [1.82, 2.24) is 19.9 Å². The summed E-state index contributed by atoms with van der Waals surface area (Å²) in [4.78, 5) is 32.9. The molecule has 0 radical (unpaired) electrons. The molecule has 13 heteroatoms. The fourth-order valence-corrected chi connectivity index (χ4v) is 3.62. The van der Waals surface area contributed by atoms with Gasteiger partial charge in [-0.05, 0) is 48.0 Å². The zero-order valence-electron chi connectivity index (χ0n) is 25.9. The molecule has 236 valence electrons. The first-order valence-corrected chi connectivity index (χ1v) is 14.0. The summed E-state index contributed by atoms with van der Waals surface area (Å²) in [6, 6.07) is 20.7. The molecule has 2 aromatic heterocycles. The number of aliphatic hydroxyl groups excluding tert-OH is 2. The number of nitrogens with zero attached hydrogens (tertiary/aromatic N) is 10. The molecule has 2 heterocycles. The fraction of sp³-hybridized carbons (Fsp3) is 0.206. The van der Waals surface area contributed by atoms with Crippen molar-refractivity contribution < 1.29 is 15.0 Å². The van der Waals surface area contributed by atoms with E-state index in [0.29, 0.717) is 35.6 Å². The van der Waals surface area contributed by atoms with E-state index in [1.165, 1.54) is 24.8 Å². The van der Waals surface area contributed by atoms with Crippen molar-refractivity contribution in [1.29, 1.82) is 15.8 Å². The van der Waals surface area contributed by atoms with Crippen LogP contribution in [0.15, 0.2) is 73.3 Å². The van der Waals surface area contributed by atoms with E-state index >= 15 is 0 Å². The second-order valence-electron chi connectivity index (χ2n) is 9.48. The summed E-state index contributed by atoms with van der Waals surface area (Å²) in [5.41, 5.74) is 5.38. The third-order valence-corrected chi connectivity index (χ3v) is 6.21. The molecule has 0 aliphatic rings. The van der Waals surface area contributed by atoms with Crippen LogP contribution in [-0.4, -0.2) is 76.8 Å². The second-order valence-corrected chi connectivity index (χ2v) is 9.48. The molecule has 0 saturated heterocycles. The van der Waals surface area contributed by atoms with Crippen molar-refractivity contribution in [2.24, 2.45) is 0 Å². The molecule has 4 rings (SSSR count). The molecule has 2 N–H and O–H groups in total. The molecule has 0 aliphatic heterocycles. The van der Waals surface area contributed by atoms with Crippen LogP contribution < -0.4 is 9.80 Å². The van der Waals surface area contributed by atoms with Crippen LogP contribution in [0.3, 0.4) is 0 Å². The third-order valence-electron chi connectivity index (χ3n) is 6.21. The number of aldehydes is 1. The molecule has 2 aromatic carbocycles. The minimum absolute atomic E-state index is 0.0914. The summed E-state index contributed by atoms with van der Waals surface area (Å²) in [6.07, 6.45) is 8.09. The number of likely N-dealkylation sites (N-methyl/N-ethyl adjacent to an activating group) is 2. The molecular formula is C34H32N10O3. The van der Waals surface area contributed by atoms with Gasteiger partial charge in [0, 0.05) is 44.1 Å². The number of hydrogen-bond donors (Lipinski definition) is 2. The lowest BCUT2D eigenvalue weighted by molar-refractivity contribution is 0.112. The predicted octanol–water partition coefficient (Wildman–Crippen LogP) is 3.54. The van der Waals surface area contributed by atoms with Crippen LogP contribution in [0.5, 0.6) is 0 Å². The number of aliphatic hydroxyl groups is 2. The molecular weight excluding hydrogens is 596 g/mol. The van der Waals surface area contributed by atoms with Gasteiger partial charge in [-0.2, -0.15) is 15.8 Å². The number of nitriles is 3. The topological polar surface area (TPSA) is 191 Å². The molecule has 47 heavy (non-hydrogen) atoms. The Morgan fingerprint density at radius 3 is 1.68 bits per heavy atom. The molecule has 0 saturated carbocycles. The number of carbonyl (C=O) groups is 1. The summed E-state index contributed by atoms with van der Waals surface area (Å²) in [7, 11) is 3.79. The molecule has 4 aromatic rings. The van der Waals surface area contributed by atoms with Gasteiger partial charge in [0.15, 0.2) is 11.4 Å². The Balaban J connectivity index is 0.000000270. The van der Waals surface area contributed by atoms with Gasteiger partial charge in [-0.3, -0.25) is 9.78 Å². The van der Waals surface area contributed by atoms with E-state index in [1.807, 2.05) is 72.4 Å². The number of hydrogen-bond acceptors (Lipinski definition) is 12. The zero-order chi connectivity index (χ0) is 34.4. The van der Waals surface area contributed by atoms with Crippen molar-refractivity contribution in [2.45, 2.75) is 6.54 Å². The lowest BCUT2D eigenvalue weighted by Gasteiger charge is -2.17. The highest BCUT2D eigenvalue weighted by Crippen LogP contribution is 2.19. The van der Waals surface area contributed by atoms with Crippen molar-refractivity contribution >= 4 is 29.3 Å². The molecule has 0 atom stereocenters. The molecule has 0 spiro atoms. The van der Waals surface area contributed by atoms with E-state index in [0.717, 1.165) is 23.2 Å². The maximum atomic E-state index is 10.4. The Morgan fingerprint density at radius 1 is 0.787 bits per heavy atom. The Morgan fingerprint density at radius 2 is 1.30 bits per heavy atom. The maximum Gasteiger partial charge on any atom is 0.257 e. The Hall–Kier alpha value is -6.51. The van der Waals surface area contributed by atoms with Crippen molar-refractivity contribution in [3.8, 4) is 18.2 Å². The smallest absolute Gasteiger partial charge is 0.257 e. The van der Waals surface area contributed by atoms with Crippen LogP contribution in [0, 0.1) is 40.6 Å². The van der Waals surface area contributed by atoms with Crippen LogP contribution in [0.2, 0.25) is 0 Å². The molecule has 0 aliphatic carbocycles. The van der Waals surface area contributed by atoms with Gasteiger partial charge in [0.1, 0.15) is 30.2 Å². The molecule has 0 unspecified atom stereocenters. The minimum atomic E-state index is 0.0914. The highest BCUT2D eigenvalue weighted by atomic mass is 16.3. The van der Waals surface area contributed by atoms with Crippen molar-refractivity contribution in [3.63, 3.8) is 0 Å². The number of aromatic nitrogens is 4. The highest BCUT2D eigenvalue weighted by molar-refractivity contribution is 5.88. The van der Waals surface area contributed by atoms with Crippen molar-refractivity contribution in [2.75, 3.05) is 50.2 Å². The SMILES string of the molecule is CN(CCO)c1ccc(/C=C(\C#N)c2cnc(C#N)cn2)cc1.CN(CCO)c1ccc(C=O)cc1.[C-]#[N+]Cc1cnc(C#N)cn1. The van der Waals surface area contributed by atoms with Gasteiger partial charge in [0.25, 0.3) is 6.54 Å². The summed E-state index contributed by atoms with van der Waals surface area (Å²) < 4.78 is 0. The first kappa shape index (κ1) is 36.7. The van der Waals surface area contributed by atoms with Crippen LogP contribution in [0.4, 0.5) is 11.4 Å². The quantitative estimate of drug-likeness (QED) is 0.148. The Kier molecular flexibility index (Phi) is 16.0. The van der Waals surface area contributed by atoms with E-state index in [-0.39, 0.29) is 31.1 Å². The number of rotatable bonds is 10. The average Bonchev–Trinajstić information content (AvgIpc) is 3.12. The van der Waals surface area contributed by atoms with Gasteiger partial charge >= 0.3 is 0 Å². The summed E-state index contributed by atoms with van der Waals surface area (Å²) in [5, 5.41) is 44.0. The zero-order valence-corrected chi connectivity index (χ0v) is 25.9. The second kappa shape index (κ2) is 20.4. The number of anilines is 2. The standard InChI is InChI=1S/C17H15N5O.C10H13NO2.C7H4N4/c1-22(6-7-23)16-4-2-13(3-5-16)8-14(9-18)17-12-20-15(10-19)11-21-17;1-11(6-7-12)10-4-2-9(8-13)3-5-10;1-9-3-7-5-10-6(2-8)4-11-7/h2-5,8,11-12,23H,6-7H2,1H3;2-5,8,12H,6-7H2,1H3;4-5H,3H2/b14-8+;;. The van der Waals surface area contributed by atoms with E-state index in [4.69, 9.17) is 27.3 Å². The van der Waals surface area contributed by atoms with Crippen LogP contribution in [-0.2, 0) is 6.54 Å². The van der Waals surface area contributed by atoms with Gasteiger partial charge in [0.05, 0.1) is 49.3 Å². The van der Waals surface area contributed by atoms with E-state index in [2.05, 4.69) is 30.9 Å². The molecule has 0 amide bonds. The van der Waals surface area contributed by atoms with Crippen LogP contribution >= 0.6 is 0 Å². The van der Waals surface area contributed by atoms with Crippen LogP contribution in [0.25, 0.3) is 16.5 Å². The fourth-order valence-electron chi connectivity index (χ4n) is 3.62. The van der Waals surface area contributed by atoms with Crippen LogP contribution in [0.1, 0.15) is 38.7 Å². The van der Waals surface area contributed by atoms with E-state index < -0.39 is 0 Å². The van der Waals surface area contributed by atoms with Crippen molar-refractivity contribution in [3.05, 3.63) is 119 Å². The predicted molar refractivity (Wildman–Crippen MR) is 176 cm³/mol. The maximum absolute atomic E-state index is 10.4. The van der Waals surface area contributed by atoms with Gasteiger partial charge in [0.2, 0.25) is 0 Å². The number of allylic oxidation sites excluding steroid dienone is 1. The van der Waals surface area contributed by atoms with Gasteiger partial charge in [-0.15, -0.1) is 0 Å². The largest absolute Gasteiger partial charge is 0.395 e. The number of carbonyl (C=O) groups excluding carboxylic acids is 1. The lowest BCUT2D eigenvalue weighted by Crippen LogP contribution is -2.20. The monoisotopic (exact) mass is 628 g/mol. The first-order chi connectivity index (χ1) is 22.8. The Labute approximate surface area is 273 Å². The summed E-state index contributed by atoms with van der Waals surface area (Å²) in [5.74, 6) is 0. The van der Waals surface area contributed by atoms with Gasteiger partial charge < -0.3 is 24.9 Å². The molecule has 0 bridgehead atoms. The normalized spacial score (nSPS) is 9.83. The summed E-state index contributed by atoms with van der Waals surface area (Å²) in [6.45, 7) is 8.13. The minimum Gasteiger partial charge on any atom is -0.395 e. The van der Waals surface area contributed by atoms with Gasteiger partial charge in [-0.25, -0.2) is 21.5 Å². The molecule has 13 nitrogen and oxygen atoms in total. The van der Waals surface area contributed by atoms with Gasteiger partial charge in [-0.1, -0.05) is 12.1 Å². The third kappa shape index (κ3) is 12.6. The summed E-state index contributed by atoms with van der Waals surface area (Å²) >= 11 is 0. The Bertz CT molecular complexity index is 1750. The average molecular weight is 629 g/mol. The first-order valence-electron chi connectivity index (χ1n) is 14.0.